The summed E-state index contributed by atoms with van der Waals surface area (Å²) >= 11 is 0. The third-order valence-corrected chi connectivity index (χ3v) is 7.15. The summed E-state index contributed by atoms with van der Waals surface area (Å²) in [5.41, 5.74) is 4.16. The fourth-order valence-electron chi connectivity index (χ4n) is 4.79. The van der Waals surface area contributed by atoms with Gasteiger partial charge in [-0.15, -0.1) is 0 Å². The van der Waals surface area contributed by atoms with Crippen molar-refractivity contribution in [2.24, 2.45) is 0 Å². The Kier molecular flexibility index (Phi) is 10.1. The van der Waals surface area contributed by atoms with E-state index in [1.165, 1.54) is 0 Å². The largest absolute Gasteiger partial charge is 0.392 e. The van der Waals surface area contributed by atoms with E-state index in [1.807, 2.05) is 99.8 Å². The molecule has 0 aliphatic carbocycles. The summed E-state index contributed by atoms with van der Waals surface area (Å²) in [7, 11) is 1.99. The third-order valence-electron chi connectivity index (χ3n) is 7.15. The Hall–Kier alpha value is -3.27. The zero-order chi connectivity index (χ0) is 27.8. The van der Waals surface area contributed by atoms with Crippen LogP contribution in [0.25, 0.3) is 0 Å². The van der Waals surface area contributed by atoms with Crippen LogP contribution in [0.4, 0.5) is 10.5 Å². The number of likely N-dealkylation sites (N-methyl/N-ethyl adjacent to an activating group) is 1. The molecule has 39 heavy (non-hydrogen) atoms. The average Bonchev–Trinajstić information content (AvgIpc) is 2.97. The second-order valence-corrected chi connectivity index (χ2v) is 10.00. The summed E-state index contributed by atoms with van der Waals surface area (Å²) in [6.45, 7) is 4.98. The maximum Gasteiger partial charge on any atom is 0.319 e. The minimum atomic E-state index is -0.648. The Morgan fingerprint density at radius 2 is 1.77 bits per heavy atom. The van der Waals surface area contributed by atoms with Crippen molar-refractivity contribution >= 4 is 11.7 Å². The Morgan fingerprint density at radius 1 is 1.03 bits per heavy atom. The summed E-state index contributed by atoms with van der Waals surface area (Å²) in [5.74, 6) is 0. The molecule has 2 amide bonds. The Morgan fingerprint density at radius 3 is 2.46 bits per heavy atom. The van der Waals surface area contributed by atoms with Gasteiger partial charge in [-0.1, -0.05) is 66.7 Å². The first-order chi connectivity index (χ1) is 18.9. The molecule has 3 aromatic rings. The van der Waals surface area contributed by atoms with Crippen LogP contribution in [0.2, 0.25) is 0 Å². The van der Waals surface area contributed by atoms with Crippen LogP contribution < -0.4 is 10.6 Å². The molecule has 1 heterocycles. The van der Waals surface area contributed by atoms with Crippen molar-refractivity contribution in [2.45, 2.75) is 57.5 Å². The van der Waals surface area contributed by atoms with Crippen LogP contribution in [-0.2, 0) is 16.1 Å². The number of urea groups is 1. The van der Waals surface area contributed by atoms with E-state index in [2.05, 4.69) is 15.5 Å². The van der Waals surface area contributed by atoms with Crippen LogP contribution in [0.3, 0.4) is 0 Å². The first kappa shape index (κ1) is 28.7. The number of carbonyl (C=O) groups is 1. The van der Waals surface area contributed by atoms with E-state index in [1.54, 1.807) is 0 Å². The maximum atomic E-state index is 12.1. The highest BCUT2D eigenvalue weighted by atomic mass is 16.7. The molecule has 1 aliphatic heterocycles. The van der Waals surface area contributed by atoms with Gasteiger partial charge < -0.3 is 30.3 Å². The van der Waals surface area contributed by atoms with E-state index in [9.17, 15) is 15.0 Å². The number of hydrogen-bond acceptors (Lipinski definition) is 6. The summed E-state index contributed by atoms with van der Waals surface area (Å²) in [6, 6.07) is 24.5. The lowest BCUT2D eigenvalue weighted by Crippen LogP contribution is -2.43. The molecular weight excluding hydrogens is 494 g/mol. The maximum absolute atomic E-state index is 12.1. The van der Waals surface area contributed by atoms with E-state index in [4.69, 9.17) is 9.47 Å². The fourth-order valence-corrected chi connectivity index (χ4v) is 4.79. The van der Waals surface area contributed by atoms with Crippen LogP contribution in [0, 0.1) is 0 Å². The molecule has 5 unspecified atom stereocenters. The molecule has 0 bridgehead atoms. The van der Waals surface area contributed by atoms with Gasteiger partial charge in [-0.3, -0.25) is 4.90 Å². The topological polar surface area (TPSA) is 103 Å². The lowest BCUT2D eigenvalue weighted by atomic mass is 9.98. The zero-order valence-electron chi connectivity index (χ0n) is 22.8. The first-order valence-electron chi connectivity index (χ1n) is 13.5. The molecule has 1 fully saturated rings. The number of hydrogen-bond donors (Lipinski definition) is 4. The van der Waals surface area contributed by atoms with Crippen molar-refractivity contribution in [3.05, 3.63) is 101 Å². The predicted molar refractivity (Wildman–Crippen MR) is 151 cm³/mol. The van der Waals surface area contributed by atoms with Gasteiger partial charge in [0, 0.05) is 36.8 Å². The highest BCUT2D eigenvalue weighted by Gasteiger charge is 2.34. The van der Waals surface area contributed by atoms with E-state index < -0.39 is 12.4 Å². The Bertz CT molecular complexity index is 1190. The van der Waals surface area contributed by atoms with Crippen molar-refractivity contribution < 1.29 is 24.5 Å². The number of aliphatic hydroxyl groups excluding tert-OH is 2. The molecule has 0 saturated carbocycles. The van der Waals surface area contributed by atoms with Gasteiger partial charge in [0.25, 0.3) is 0 Å². The number of aliphatic hydroxyl groups is 2. The van der Waals surface area contributed by atoms with Crippen molar-refractivity contribution in [1.29, 1.82) is 0 Å². The van der Waals surface area contributed by atoms with Crippen molar-refractivity contribution in [1.82, 2.24) is 10.2 Å². The molecule has 0 radical (unpaired) electrons. The number of anilines is 1. The number of amides is 2. The Balaban J connectivity index is 1.53. The zero-order valence-corrected chi connectivity index (χ0v) is 22.8. The van der Waals surface area contributed by atoms with E-state index in [-0.39, 0.29) is 30.9 Å². The smallest absolute Gasteiger partial charge is 0.319 e. The summed E-state index contributed by atoms with van der Waals surface area (Å²) in [5, 5.41) is 26.0. The lowest BCUT2D eigenvalue weighted by Gasteiger charge is -2.39. The van der Waals surface area contributed by atoms with Crippen LogP contribution in [0.15, 0.2) is 78.9 Å². The number of benzene rings is 3. The van der Waals surface area contributed by atoms with E-state index >= 15 is 0 Å². The summed E-state index contributed by atoms with van der Waals surface area (Å²) < 4.78 is 12.9. The number of nitrogens with one attached hydrogen (secondary N) is 2. The van der Waals surface area contributed by atoms with Gasteiger partial charge in [-0.05, 0) is 49.7 Å². The minimum absolute atomic E-state index is 0.0159. The number of nitrogens with zero attached hydrogens (tertiary/aromatic N) is 1. The molecule has 8 heteroatoms. The number of carbonyl (C=O) groups excluding carboxylic acids is 1. The molecule has 208 valence electrons. The van der Waals surface area contributed by atoms with Crippen molar-refractivity contribution in [2.75, 3.05) is 25.5 Å². The standard InChI is InChI=1S/C31H39N3O5/c1-4-32-31(37)33-26-12-8-11-25(17-26)30-38-27(18-28(39-30)23-15-13-22(20-35)14-16-23)19-34(3)21(2)29(36)24-9-6-5-7-10-24/h5-17,21,27-30,35-36H,4,18-20H2,1-3H3,(H2,32,33,37). The van der Waals surface area contributed by atoms with Gasteiger partial charge in [-0.2, -0.15) is 0 Å². The van der Waals surface area contributed by atoms with Gasteiger partial charge in [0.15, 0.2) is 6.29 Å². The van der Waals surface area contributed by atoms with Gasteiger partial charge >= 0.3 is 6.03 Å². The van der Waals surface area contributed by atoms with Gasteiger partial charge in [0.1, 0.15) is 0 Å². The Labute approximate surface area is 230 Å². The third kappa shape index (κ3) is 7.65. The van der Waals surface area contributed by atoms with E-state index in [0.717, 1.165) is 22.3 Å². The van der Waals surface area contributed by atoms with Crippen LogP contribution in [0.1, 0.15) is 61.0 Å². The van der Waals surface area contributed by atoms with Crippen molar-refractivity contribution in [3.63, 3.8) is 0 Å². The lowest BCUT2D eigenvalue weighted by molar-refractivity contribution is -0.253. The van der Waals surface area contributed by atoms with Gasteiger partial charge in [0.2, 0.25) is 0 Å². The average molecular weight is 534 g/mol. The van der Waals surface area contributed by atoms with Gasteiger partial charge in [-0.25, -0.2) is 4.79 Å². The first-order valence-corrected chi connectivity index (χ1v) is 13.5. The highest BCUT2D eigenvalue weighted by Crippen LogP contribution is 2.39. The minimum Gasteiger partial charge on any atom is -0.392 e. The molecule has 8 nitrogen and oxygen atoms in total. The molecule has 3 aromatic carbocycles. The monoisotopic (exact) mass is 533 g/mol. The molecule has 4 rings (SSSR count). The molecule has 4 N–H and O–H groups in total. The second-order valence-electron chi connectivity index (χ2n) is 10.00. The molecule has 1 aliphatic rings. The second kappa shape index (κ2) is 13.7. The normalized spacial score (nSPS) is 20.8. The van der Waals surface area contributed by atoms with Crippen LogP contribution >= 0.6 is 0 Å². The van der Waals surface area contributed by atoms with Crippen LogP contribution in [0.5, 0.6) is 0 Å². The molecule has 5 atom stereocenters. The molecule has 0 aromatic heterocycles. The quantitative estimate of drug-likeness (QED) is 0.295. The highest BCUT2D eigenvalue weighted by molar-refractivity contribution is 5.89. The predicted octanol–water partition coefficient (Wildman–Crippen LogP) is 4.92. The molecule has 1 saturated heterocycles. The summed E-state index contributed by atoms with van der Waals surface area (Å²) in [4.78, 5) is 14.2. The number of ether oxygens (including phenoxy) is 2. The number of rotatable bonds is 10. The SMILES string of the molecule is CCNC(=O)Nc1cccc(C2OC(CN(C)C(C)C(O)c3ccccc3)CC(c3ccc(CO)cc3)O2)c1. The van der Waals surface area contributed by atoms with Gasteiger partial charge in [0.05, 0.1) is 24.9 Å². The summed E-state index contributed by atoms with van der Waals surface area (Å²) in [6.07, 6.45) is -1.06. The van der Waals surface area contributed by atoms with Crippen LogP contribution in [-0.4, -0.2) is 53.4 Å². The molecular formula is C31H39N3O5. The molecule has 0 spiro atoms. The van der Waals surface area contributed by atoms with Crippen molar-refractivity contribution in [3.8, 4) is 0 Å². The van der Waals surface area contributed by atoms with E-state index in [0.29, 0.717) is 25.2 Å². The fraction of sp³-hybridized carbons (Fsp3) is 0.387.